The number of morpholine rings is 2. The van der Waals surface area contributed by atoms with Crippen LogP contribution in [0.1, 0.15) is 57.8 Å². The van der Waals surface area contributed by atoms with Crippen LogP contribution in [0.2, 0.25) is 10.0 Å². The van der Waals surface area contributed by atoms with E-state index in [9.17, 15) is 4.79 Å². The summed E-state index contributed by atoms with van der Waals surface area (Å²) in [6.45, 7) is 12.3. The third kappa shape index (κ3) is 11.4. The molecule has 4 aromatic rings. The van der Waals surface area contributed by atoms with Crippen LogP contribution in [0.4, 0.5) is 4.79 Å². The number of aromatic nitrogens is 4. The van der Waals surface area contributed by atoms with Gasteiger partial charge in [0.15, 0.2) is 0 Å². The summed E-state index contributed by atoms with van der Waals surface area (Å²) in [6.07, 6.45) is 8.76. The first-order chi connectivity index (χ1) is 23.4. The Hall–Kier alpha value is -3.12. The summed E-state index contributed by atoms with van der Waals surface area (Å²) in [4.78, 5) is 14.7. The van der Waals surface area contributed by atoms with Crippen molar-refractivity contribution in [2.75, 3.05) is 26.3 Å². The maximum Gasteiger partial charge on any atom is 0.410 e. The Morgan fingerprint density at radius 3 is 1.86 bits per heavy atom. The molecule has 2 aliphatic rings. The number of amides is 1. The van der Waals surface area contributed by atoms with E-state index in [0.29, 0.717) is 30.6 Å². The molecule has 1 amide bonds. The van der Waals surface area contributed by atoms with Gasteiger partial charge in [0.05, 0.1) is 50.1 Å². The second-order valence-corrected chi connectivity index (χ2v) is 14.6. The van der Waals surface area contributed by atoms with E-state index in [-0.39, 0.29) is 48.8 Å². The van der Waals surface area contributed by atoms with Crippen molar-refractivity contribution in [3.63, 3.8) is 0 Å². The average Bonchev–Trinajstić information content (AvgIpc) is 3.82. The van der Waals surface area contributed by atoms with E-state index < -0.39 is 5.60 Å². The normalized spacial score (nSPS) is 22.0. The van der Waals surface area contributed by atoms with E-state index in [4.69, 9.17) is 37.4 Å². The standard InChI is InChI=1S/C21H28ClN3O3.C16H20ClN3O.ClH/c1-15(25-11-5-10-23-25)19-13-24(20(26)28-21(2,3)4)18(14-27-19)12-16-6-8-17(22)9-7-16;1-12(20-8-2-7-19-20)16-10-18-15(11-21-16)9-13-3-5-14(17)6-4-13;/h5-11,15,18-19H,12-14H2,1-4H3;2-8,12,15-16,18H,9-11H2,1H3;1H/t15-,18-,19+;12-,15-,16+;/m00./s1. The summed E-state index contributed by atoms with van der Waals surface area (Å²) >= 11 is 11.9. The number of rotatable bonds is 8. The third-order valence-electron chi connectivity index (χ3n) is 8.81. The molecule has 2 aliphatic heterocycles. The van der Waals surface area contributed by atoms with Gasteiger partial charge in [-0.25, -0.2) is 4.79 Å². The summed E-state index contributed by atoms with van der Waals surface area (Å²) in [5, 5.41) is 13.6. The van der Waals surface area contributed by atoms with Crippen LogP contribution in [0.15, 0.2) is 85.5 Å². The maximum absolute atomic E-state index is 12.9. The van der Waals surface area contributed by atoms with Crippen molar-refractivity contribution in [2.24, 2.45) is 0 Å². The molecular formula is C37H49Cl3N6O4. The molecule has 2 saturated heterocycles. The number of carbonyl (C=O) groups is 1. The molecule has 0 spiro atoms. The molecule has 1 N–H and O–H groups in total. The number of nitrogens with zero attached hydrogens (tertiary/aromatic N) is 5. The Labute approximate surface area is 311 Å². The minimum atomic E-state index is -0.552. The van der Waals surface area contributed by atoms with Gasteiger partial charge in [0, 0.05) is 47.4 Å². The lowest BCUT2D eigenvalue weighted by molar-refractivity contribution is -0.0853. The summed E-state index contributed by atoms with van der Waals surface area (Å²) in [5.74, 6) is 0. The van der Waals surface area contributed by atoms with E-state index >= 15 is 0 Å². The number of ether oxygens (including phenoxy) is 3. The fourth-order valence-corrected chi connectivity index (χ4v) is 6.24. The predicted octanol–water partition coefficient (Wildman–Crippen LogP) is 7.46. The molecule has 0 saturated carbocycles. The molecule has 0 aliphatic carbocycles. The first-order valence-electron chi connectivity index (χ1n) is 16.9. The second-order valence-electron chi connectivity index (χ2n) is 13.7. The Balaban J connectivity index is 0.000000229. The molecule has 13 heteroatoms. The molecule has 2 aromatic heterocycles. The Morgan fingerprint density at radius 2 is 1.38 bits per heavy atom. The molecule has 2 aromatic carbocycles. The molecular weight excluding hydrogens is 699 g/mol. The minimum absolute atomic E-state index is 0. The van der Waals surface area contributed by atoms with Crippen LogP contribution in [-0.2, 0) is 27.1 Å². The van der Waals surface area contributed by atoms with Crippen LogP contribution in [0.3, 0.4) is 0 Å². The van der Waals surface area contributed by atoms with Crippen molar-refractivity contribution in [1.29, 1.82) is 0 Å². The van der Waals surface area contributed by atoms with Gasteiger partial charge in [-0.1, -0.05) is 47.5 Å². The molecule has 50 heavy (non-hydrogen) atoms. The largest absolute Gasteiger partial charge is 0.444 e. The van der Waals surface area contributed by atoms with Crippen LogP contribution in [0.5, 0.6) is 0 Å². The van der Waals surface area contributed by atoms with Gasteiger partial charge in [0.2, 0.25) is 0 Å². The molecule has 6 atom stereocenters. The van der Waals surface area contributed by atoms with Crippen molar-refractivity contribution in [3.8, 4) is 0 Å². The summed E-state index contributed by atoms with van der Waals surface area (Å²) in [7, 11) is 0. The van der Waals surface area contributed by atoms with Gasteiger partial charge in [-0.15, -0.1) is 12.4 Å². The van der Waals surface area contributed by atoms with Crippen LogP contribution in [0.25, 0.3) is 0 Å². The molecule has 2 fully saturated rings. The van der Waals surface area contributed by atoms with Crippen LogP contribution in [-0.4, -0.2) is 86.8 Å². The van der Waals surface area contributed by atoms with Crippen LogP contribution >= 0.6 is 35.6 Å². The van der Waals surface area contributed by atoms with Crippen LogP contribution in [0, 0.1) is 0 Å². The summed E-state index contributed by atoms with van der Waals surface area (Å²) in [6, 6.07) is 20.0. The first kappa shape index (κ1) is 39.7. The highest BCUT2D eigenvalue weighted by Crippen LogP contribution is 2.26. The fraction of sp³-hybridized carbons (Fsp3) is 0.486. The lowest BCUT2D eigenvalue weighted by Crippen LogP contribution is -2.55. The Morgan fingerprint density at radius 1 is 0.860 bits per heavy atom. The molecule has 272 valence electrons. The molecule has 4 heterocycles. The quantitative estimate of drug-likeness (QED) is 0.200. The molecule has 0 unspecified atom stereocenters. The zero-order valence-electron chi connectivity index (χ0n) is 29.3. The highest BCUT2D eigenvalue weighted by molar-refractivity contribution is 6.30. The topological polar surface area (TPSA) is 95.7 Å². The Kier molecular flexibility index (Phi) is 14.6. The second kappa shape index (κ2) is 18.4. The van der Waals surface area contributed by atoms with Gasteiger partial charge in [-0.05, 0) is 95.0 Å². The van der Waals surface area contributed by atoms with Crippen molar-refractivity contribution in [3.05, 3.63) is 107 Å². The van der Waals surface area contributed by atoms with Crippen molar-refractivity contribution >= 4 is 41.7 Å². The van der Waals surface area contributed by atoms with Crippen molar-refractivity contribution < 1.29 is 19.0 Å². The van der Waals surface area contributed by atoms with E-state index in [0.717, 1.165) is 30.2 Å². The number of hydrogen-bond acceptors (Lipinski definition) is 7. The first-order valence-corrected chi connectivity index (χ1v) is 17.6. The van der Waals surface area contributed by atoms with Gasteiger partial charge >= 0.3 is 6.09 Å². The molecule has 0 radical (unpaired) electrons. The number of nitrogens with one attached hydrogen (secondary N) is 1. The third-order valence-corrected chi connectivity index (χ3v) is 9.31. The monoisotopic (exact) mass is 746 g/mol. The van der Waals surface area contributed by atoms with E-state index in [1.807, 2.05) is 98.0 Å². The SMILES string of the molecule is C[C@@H]([C@H]1CN(C(=O)OC(C)(C)C)[C@@H](Cc2ccc(Cl)cc2)CO1)n1cccn1.C[C@@H]([C@H]1CN[C@@H](Cc2ccc(Cl)cc2)CO1)n1cccn1.Cl. The number of carbonyl (C=O) groups excluding carboxylic acids is 1. The summed E-state index contributed by atoms with van der Waals surface area (Å²) < 4.78 is 21.6. The zero-order chi connectivity index (χ0) is 35.0. The van der Waals surface area contributed by atoms with Crippen LogP contribution < -0.4 is 5.32 Å². The minimum Gasteiger partial charge on any atom is -0.444 e. The molecule has 0 bridgehead atoms. The van der Waals surface area contributed by atoms with E-state index in [1.54, 1.807) is 17.3 Å². The van der Waals surface area contributed by atoms with E-state index in [1.165, 1.54) is 5.56 Å². The number of halogens is 3. The average molecular weight is 748 g/mol. The van der Waals surface area contributed by atoms with Crippen molar-refractivity contribution in [1.82, 2.24) is 29.8 Å². The lowest BCUT2D eigenvalue weighted by atomic mass is 10.0. The lowest BCUT2D eigenvalue weighted by Gasteiger charge is -2.42. The predicted molar refractivity (Wildman–Crippen MR) is 199 cm³/mol. The smallest absolute Gasteiger partial charge is 0.410 e. The zero-order valence-corrected chi connectivity index (χ0v) is 31.7. The van der Waals surface area contributed by atoms with Crippen molar-refractivity contribution in [2.45, 2.75) is 89.4 Å². The number of hydrogen-bond donors (Lipinski definition) is 1. The number of benzene rings is 2. The summed E-state index contributed by atoms with van der Waals surface area (Å²) in [5.41, 5.74) is 1.83. The molecule has 10 nitrogen and oxygen atoms in total. The van der Waals surface area contributed by atoms with Gasteiger partial charge in [0.25, 0.3) is 0 Å². The maximum atomic E-state index is 12.9. The highest BCUT2D eigenvalue weighted by Gasteiger charge is 2.37. The van der Waals surface area contributed by atoms with Gasteiger partial charge in [0.1, 0.15) is 5.60 Å². The molecule has 6 rings (SSSR count). The highest BCUT2D eigenvalue weighted by atomic mass is 35.5. The van der Waals surface area contributed by atoms with E-state index in [2.05, 4.69) is 34.6 Å². The fourth-order valence-electron chi connectivity index (χ4n) is 5.99. The van der Waals surface area contributed by atoms with Gasteiger partial charge in [-0.2, -0.15) is 10.2 Å². The van der Waals surface area contributed by atoms with Gasteiger partial charge in [-0.3, -0.25) is 14.3 Å². The Bertz CT molecular complexity index is 1560. The van der Waals surface area contributed by atoms with Gasteiger partial charge < -0.3 is 19.5 Å².